The number of aliphatic hydroxyl groups is 1. The molecule has 0 aliphatic carbocycles. The molecule has 1 heterocycles. The summed E-state index contributed by atoms with van der Waals surface area (Å²) in [6, 6.07) is 15.0. The number of aryl methyl sites for hydroxylation is 1. The number of hydrogen-bond acceptors (Lipinski definition) is 2. The molecule has 2 aromatic carbocycles. The van der Waals surface area contributed by atoms with Gasteiger partial charge in [0.2, 0.25) is 0 Å². The van der Waals surface area contributed by atoms with Gasteiger partial charge in [0.1, 0.15) is 11.8 Å². The van der Waals surface area contributed by atoms with E-state index in [9.17, 15) is 5.11 Å². The van der Waals surface area contributed by atoms with Crippen LogP contribution in [0.4, 0.5) is 0 Å². The van der Waals surface area contributed by atoms with E-state index < -0.39 is 6.10 Å². The van der Waals surface area contributed by atoms with E-state index in [0.717, 1.165) is 16.5 Å². The van der Waals surface area contributed by atoms with Crippen LogP contribution in [-0.2, 0) is 7.05 Å². The Labute approximate surface area is 116 Å². The van der Waals surface area contributed by atoms with Crippen LogP contribution in [0.15, 0.2) is 48.5 Å². The van der Waals surface area contributed by atoms with Crippen LogP contribution in [0.2, 0.25) is 5.02 Å². The molecule has 19 heavy (non-hydrogen) atoms. The molecule has 0 aliphatic heterocycles. The highest BCUT2D eigenvalue weighted by Gasteiger charge is 2.17. The summed E-state index contributed by atoms with van der Waals surface area (Å²) in [6.45, 7) is 0. The van der Waals surface area contributed by atoms with Gasteiger partial charge in [-0.15, -0.1) is 0 Å². The molecule has 4 heteroatoms. The molecular formula is C15H13ClN2O. The van der Waals surface area contributed by atoms with Crippen molar-refractivity contribution in [1.29, 1.82) is 0 Å². The molecule has 1 atom stereocenters. The first-order valence-corrected chi connectivity index (χ1v) is 6.40. The van der Waals surface area contributed by atoms with Gasteiger partial charge in [0.05, 0.1) is 5.52 Å². The van der Waals surface area contributed by atoms with Crippen molar-refractivity contribution < 1.29 is 5.11 Å². The highest BCUT2D eigenvalue weighted by molar-refractivity contribution is 6.30. The average molecular weight is 273 g/mol. The number of rotatable bonds is 2. The number of hydrogen-bond donors (Lipinski definition) is 1. The SMILES string of the molecule is Cn1nc(C(O)c2ccc(Cl)cc2)c2ccccc21. The Morgan fingerprint density at radius 3 is 2.53 bits per heavy atom. The Hall–Kier alpha value is -1.84. The van der Waals surface area contributed by atoms with E-state index in [-0.39, 0.29) is 0 Å². The average Bonchev–Trinajstić information content (AvgIpc) is 2.77. The first kappa shape index (κ1) is 12.2. The zero-order valence-corrected chi connectivity index (χ0v) is 11.2. The molecule has 0 amide bonds. The van der Waals surface area contributed by atoms with Crippen LogP contribution >= 0.6 is 11.6 Å². The molecule has 0 aliphatic rings. The molecule has 0 spiro atoms. The molecular weight excluding hydrogens is 260 g/mol. The molecule has 1 aromatic heterocycles. The maximum atomic E-state index is 10.5. The largest absolute Gasteiger partial charge is 0.382 e. The zero-order valence-electron chi connectivity index (χ0n) is 10.4. The Kier molecular flexibility index (Phi) is 3.01. The molecule has 0 saturated carbocycles. The lowest BCUT2D eigenvalue weighted by Crippen LogP contribution is -2.01. The number of aliphatic hydroxyl groups excluding tert-OH is 1. The van der Waals surface area contributed by atoms with Gasteiger partial charge >= 0.3 is 0 Å². The van der Waals surface area contributed by atoms with Crippen LogP contribution < -0.4 is 0 Å². The molecule has 0 radical (unpaired) electrons. The van der Waals surface area contributed by atoms with Gasteiger partial charge in [0.25, 0.3) is 0 Å². The number of nitrogens with zero attached hydrogens (tertiary/aromatic N) is 2. The fourth-order valence-corrected chi connectivity index (χ4v) is 2.37. The van der Waals surface area contributed by atoms with Crippen LogP contribution in [-0.4, -0.2) is 14.9 Å². The zero-order chi connectivity index (χ0) is 13.4. The summed E-state index contributed by atoms with van der Waals surface area (Å²) in [6.07, 6.45) is -0.747. The van der Waals surface area contributed by atoms with Gasteiger partial charge in [-0.05, 0) is 23.8 Å². The fraction of sp³-hybridized carbons (Fsp3) is 0.133. The van der Waals surface area contributed by atoms with Crippen LogP contribution in [0.5, 0.6) is 0 Å². The summed E-state index contributed by atoms with van der Waals surface area (Å²) in [4.78, 5) is 0. The van der Waals surface area contributed by atoms with Crippen molar-refractivity contribution in [3.8, 4) is 0 Å². The summed E-state index contributed by atoms with van der Waals surface area (Å²) in [5.41, 5.74) is 2.46. The normalized spacial score (nSPS) is 12.8. The molecule has 0 bridgehead atoms. The maximum Gasteiger partial charge on any atom is 0.123 e. The lowest BCUT2D eigenvalue weighted by Gasteiger charge is -2.08. The molecule has 3 nitrogen and oxygen atoms in total. The van der Waals surface area contributed by atoms with Crippen molar-refractivity contribution in [1.82, 2.24) is 9.78 Å². The predicted octanol–water partition coefficient (Wildman–Crippen LogP) is 3.31. The second kappa shape index (κ2) is 4.68. The van der Waals surface area contributed by atoms with E-state index in [1.165, 1.54) is 0 Å². The third kappa shape index (κ3) is 2.11. The number of halogens is 1. The standard InChI is InChI=1S/C15H13ClN2O/c1-18-13-5-3-2-4-12(13)14(17-18)15(19)10-6-8-11(16)9-7-10/h2-9,15,19H,1H3. The molecule has 0 fully saturated rings. The third-order valence-corrected chi connectivity index (χ3v) is 3.48. The van der Waals surface area contributed by atoms with Crippen molar-refractivity contribution >= 4 is 22.5 Å². The smallest absolute Gasteiger partial charge is 0.123 e. The van der Waals surface area contributed by atoms with Gasteiger partial charge in [-0.25, -0.2) is 0 Å². The van der Waals surface area contributed by atoms with Crippen molar-refractivity contribution in [2.75, 3.05) is 0 Å². The topological polar surface area (TPSA) is 38.0 Å². The van der Waals surface area contributed by atoms with Crippen LogP contribution in [0.3, 0.4) is 0 Å². The van der Waals surface area contributed by atoms with Gasteiger partial charge in [0, 0.05) is 17.5 Å². The first-order chi connectivity index (χ1) is 9.16. The molecule has 96 valence electrons. The number of para-hydroxylation sites is 1. The van der Waals surface area contributed by atoms with Crippen LogP contribution in [0.25, 0.3) is 10.9 Å². The molecule has 0 saturated heterocycles. The van der Waals surface area contributed by atoms with E-state index in [0.29, 0.717) is 10.7 Å². The van der Waals surface area contributed by atoms with Gasteiger partial charge in [-0.1, -0.05) is 41.9 Å². The second-order valence-corrected chi connectivity index (χ2v) is 4.92. The minimum Gasteiger partial charge on any atom is -0.382 e. The Balaban J connectivity index is 2.11. The maximum absolute atomic E-state index is 10.5. The third-order valence-electron chi connectivity index (χ3n) is 3.23. The van der Waals surface area contributed by atoms with E-state index >= 15 is 0 Å². The lowest BCUT2D eigenvalue weighted by atomic mass is 10.0. The van der Waals surface area contributed by atoms with Crippen molar-refractivity contribution in [3.63, 3.8) is 0 Å². The van der Waals surface area contributed by atoms with Crippen molar-refractivity contribution in [2.45, 2.75) is 6.10 Å². The van der Waals surface area contributed by atoms with Crippen molar-refractivity contribution in [2.24, 2.45) is 7.05 Å². The van der Waals surface area contributed by atoms with Crippen LogP contribution in [0.1, 0.15) is 17.4 Å². The Bertz CT molecular complexity index is 719. The number of aromatic nitrogens is 2. The summed E-state index contributed by atoms with van der Waals surface area (Å²) in [5.74, 6) is 0. The minimum absolute atomic E-state index is 0.654. The van der Waals surface area contributed by atoms with Gasteiger partial charge in [0.15, 0.2) is 0 Å². The van der Waals surface area contributed by atoms with Gasteiger partial charge < -0.3 is 5.11 Å². The lowest BCUT2D eigenvalue weighted by molar-refractivity contribution is 0.216. The highest BCUT2D eigenvalue weighted by atomic mass is 35.5. The molecule has 1 unspecified atom stereocenters. The van der Waals surface area contributed by atoms with Gasteiger partial charge in [-0.2, -0.15) is 5.10 Å². The summed E-state index contributed by atoms with van der Waals surface area (Å²) < 4.78 is 1.78. The van der Waals surface area contributed by atoms with E-state index in [1.807, 2.05) is 43.4 Å². The van der Waals surface area contributed by atoms with Gasteiger partial charge in [-0.3, -0.25) is 4.68 Å². The molecule has 1 N–H and O–H groups in total. The minimum atomic E-state index is -0.747. The first-order valence-electron chi connectivity index (χ1n) is 6.02. The van der Waals surface area contributed by atoms with E-state index in [1.54, 1.807) is 16.8 Å². The Morgan fingerprint density at radius 2 is 1.79 bits per heavy atom. The Morgan fingerprint density at radius 1 is 1.11 bits per heavy atom. The van der Waals surface area contributed by atoms with Crippen LogP contribution in [0, 0.1) is 0 Å². The summed E-state index contributed by atoms with van der Waals surface area (Å²) >= 11 is 5.86. The number of fused-ring (bicyclic) bond motifs is 1. The highest BCUT2D eigenvalue weighted by Crippen LogP contribution is 2.28. The quantitative estimate of drug-likeness (QED) is 0.777. The van der Waals surface area contributed by atoms with Crippen molar-refractivity contribution in [3.05, 3.63) is 64.8 Å². The predicted molar refractivity (Wildman–Crippen MR) is 76.2 cm³/mol. The second-order valence-electron chi connectivity index (χ2n) is 4.48. The monoisotopic (exact) mass is 272 g/mol. The van der Waals surface area contributed by atoms with E-state index in [4.69, 9.17) is 11.6 Å². The molecule has 3 aromatic rings. The summed E-state index contributed by atoms with van der Waals surface area (Å²) in [7, 11) is 1.88. The fourth-order valence-electron chi connectivity index (χ4n) is 2.25. The summed E-state index contributed by atoms with van der Waals surface area (Å²) in [5, 5.41) is 16.5. The number of benzene rings is 2. The van der Waals surface area contributed by atoms with E-state index in [2.05, 4.69) is 5.10 Å². The molecule has 3 rings (SSSR count).